The maximum absolute atomic E-state index is 2.63. The molecule has 5 fully saturated rings. The SMILES string of the molecule is CC1C2CCC(CC2)C12C1CCC2CC1. The maximum Gasteiger partial charge on any atom is -0.0184 e. The molecule has 4 bridgehead atoms. The average Bonchev–Trinajstić information content (AvgIpc) is 2.82. The lowest BCUT2D eigenvalue weighted by Gasteiger charge is -2.58. The van der Waals surface area contributed by atoms with Gasteiger partial charge >= 0.3 is 0 Å². The van der Waals surface area contributed by atoms with Crippen LogP contribution < -0.4 is 0 Å². The summed E-state index contributed by atoms with van der Waals surface area (Å²) in [7, 11) is 0. The van der Waals surface area contributed by atoms with Crippen LogP contribution in [0.5, 0.6) is 0 Å². The van der Waals surface area contributed by atoms with Crippen molar-refractivity contribution < 1.29 is 0 Å². The normalized spacial score (nSPS) is 61.8. The quantitative estimate of drug-likeness (QED) is 0.553. The van der Waals surface area contributed by atoms with Crippen LogP contribution in [0, 0.1) is 35.0 Å². The van der Waals surface area contributed by atoms with Crippen LogP contribution in [0.1, 0.15) is 58.3 Å². The van der Waals surface area contributed by atoms with Gasteiger partial charge in [0.25, 0.3) is 0 Å². The van der Waals surface area contributed by atoms with Crippen molar-refractivity contribution in [2.45, 2.75) is 58.3 Å². The van der Waals surface area contributed by atoms with Gasteiger partial charge in [0.2, 0.25) is 0 Å². The predicted molar refractivity (Wildman–Crippen MR) is 62.5 cm³/mol. The molecule has 1 unspecified atom stereocenters. The number of rotatable bonds is 0. The molecule has 0 radical (unpaired) electrons. The number of hydrogen-bond donors (Lipinski definition) is 0. The van der Waals surface area contributed by atoms with Crippen LogP contribution in [-0.4, -0.2) is 0 Å². The van der Waals surface area contributed by atoms with Gasteiger partial charge in [-0.05, 0) is 86.4 Å². The minimum Gasteiger partial charge on any atom is -0.0617 e. The second-order valence-electron chi connectivity index (χ2n) is 6.95. The third-order valence-electron chi connectivity index (χ3n) is 7.12. The number of fused-ring (bicyclic) bond motifs is 2. The fraction of sp³-hybridized carbons (Fsp3) is 1.00. The molecule has 5 rings (SSSR count). The maximum atomic E-state index is 2.63. The van der Waals surface area contributed by atoms with Gasteiger partial charge in [-0.2, -0.15) is 0 Å². The molecule has 0 aromatic carbocycles. The van der Waals surface area contributed by atoms with Gasteiger partial charge in [0.05, 0.1) is 0 Å². The van der Waals surface area contributed by atoms with E-state index in [-0.39, 0.29) is 0 Å². The van der Waals surface area contributed by atoms with E-state index in [1.54, 1.807) is 51.4 Å². The Morgan fingerprint density at radius 1 is 0.667 bits per heavy atom. The van der Waals surface area contributed by atoms with Gasteiger partial charge < -0.3 is 0 Å². The Morgan fingerprint density at radius 2 is 1.07 bits per heavy atom. The van der Waals surface area contributed by atoms with E-state index >= 15 is 0 Å². The first-order chi connectivity index (χ1) is 7.33. The first-order valence-corrected chi connectivity index (χ1v) is 7.33. The van der Waals surface area contributed by atoms with Crippen LogP contribution >= 0.6 is 0 Å². The molecule has 0 amide bonds. The lowest BCUT2D eigenvalue weighted by Crippen LogP contribution is -2.51. The number of hydrogen-bond acceptors (Lipinski definition) is 0. The van der Waals surface area contributed by atoms with E-state index in [2.05, 4.69) is 6.92 Å². The van der Waals surface area contributed by atoms with Crippen molar-refractivity contribution in [3.63, 3.8) is 0 Å². The summed E-state index contributed by atoms with van der Waals surface area (Å²) in [6.07, 6.45) is 12.7. The summed E-state index contributed by atoms with van der Waals surface area (Å²) >= 11 is 0. The van der Waals surface area contributed by atoms with Gasteiger partial charge in [-0.25, -0.2) is 0 Å². The molecule has 1 atom stereocenters. The van der Waals surface area contributed by atoms with Gasteiger partial charge in [-0.15, -0.1) is 0 Å². The summed E-state index contributed by atoms with van der Waals surface area (Å²) in [6, 6.07) is 0. The Balaban J connectivity index is 1.81. The van der Waals surface area contributed by atoms with E-state index < -0.39 is 0 Å². The summed E-state index contributed by atoms with van der Waals surface area (Å²) in [4.78, 5) is 0. The fourth-order valence-corrected chi connectivity index (χ4v) is 6.74. The largest absolute Gasteiger partial charge is 0.0617 e. The van der Waals surface area contributed by atoms with Crippen LogP contribution in [0.25, 0.3) is 0 Å². The summed E-state index contributed by atoms with van der Waals surface area (Å²) in [5, 5.41) is 0. The summed E-state index contributed by atoms with van der Waals surface area (Å²) in [6.45, 7) is 2.63. The molecule has 5 aliphatic carbocycles. The van der Waals surface area contributed by atoms with E-state index in [0.717, 1.165) is 35.0 Å². The summed E-state index contributed by atoms with van der Waals surface area (Å²) in [5.74, 6) is 5.68. The van der Waals surface area contributed by atoms with E-state index in [9.17, 15) is 0 Å². The standard InChI is InChI=1S/C15H24/c1-10-11-2-4-12(5-3-11)15(10)13-6-7-14(15)9-8-13/h10-14H,2-9H2,1H3. The van der Waals surface area contributed by atoms with E-state index in [1.165, 1.54) is 0 Å². The Bertz CT molecular complexity index is 248. The lowest BCUT2D eigenvalue weighted by atomic mass is 9.47. The molecule has 1 spiro atoms. The second kappa shape index (κ2) is 2.81. The Labute approximate surface area is 93.8 Å². The van der Waals surface area contributed by atoms with E-state index in [0.29, 0.717) is 0 Å². The van der Waals surface area contributed by atoms with Crippen LogP contribution in [0.2, 0.25) is 0 Å². The Hall–Kier alpha value is 0. The Morgan fingerprint density at radius 3 is 1.47 bits per heavy atom. The van der Waals surface area contributed by atoms with Gasteiger partial charge in [0, 0.05) is 0 Å². The molecular weight excluding hydrogens is 180 g/mol. The molecular formula is C15H24. The third kappa shape index (κ3) is 0.875. The van der Waals surface area contributed by atoms with Crippen molar-refractivity contribution in [3.05, 3.63) is 0 Å². The van der Waals surface area contributed by atoms with Crippen molar-refractivity contribution in [3.8, 4) is 0 Å². The third-order valence-corrected chi connectivity index (χ3v) is 7.12. The highest BCUT2D eigenvalue weighted by Gasteiger charge is 2.64. The van der Waals surface area contributed by atoms with E-state index in [4.69, 9.17) is 0 Å². The monoisotopic (exact) mass is 204 g/mol. The van der Waals surface area contributed by atoms with Gasteiger partial charge in [0.15, 0.2) is 0 Å². The molecule has 5 aliphatic rings. The lowest BCUT2D eigenvalue weighted by molar-refractivity contribution is -0.0925. The Kier molecular flexibility index (Phi) is 1.70. The molecule has 0 aromatic heterocycles. The molecule has 15 heavy (non-hydrogen) atoms. The minimum atomic E-state index is 0.876. The first-order valence-electron chi connectivity index (χ1n) is 7.33. The van der Waals surface area contributed by atoms with Crippen LogP contribution in [0.4, 0.5) is 0 Å². The van der Waals surface area contributed by atoms with Gasteiger partial charge in [-0.1, -0.05) is 6.92 Å². The van der Waals surface area contributed by atoms with Gasteiger partial charge in [-0.3, -0.25) is 0 Å². The molecule has 0 saturated heterocycles. The second-order valence-corrected chi connectivity index (χ2v) is 6.95. The van der Waals surface area contributed by atoms with E-state index in [1.807, 2.05) is 0 Å². The van der Waals surface area contributed by atoms with Crippen molar-refractivity contribution in [1.82, 2.24) is 0 Å². The van der Waals surface area contributed by atoms with Crippen molar-refractivity contribution in [1.29, 1.82) is 0 Å². The zero-order chi connectivity index (χ0) is 10.0. The molecule has 0 nitrogen and oxygen atoms in total. The topological polar surface area (TPSA) is 0 Å². The zero-order valence-electron chi connectivity index (χ0n) is 10.0. The molecule has 0 aliphatic heterocycles. The predicted octanol–water partition coefficient (Wildman–Crippen LogP) is 4.25. The molecule has 0 aromatic rings. The van der Waals surface area contributed by atoms with Crippen LogP contribution in [0.3, 0.4) is 0 Å². The fourth-order valence-electron chi connectivity index (χ4n) is 6.74. The van der Waals surface area contributed by atoms with Crippen molar-refractivity contribution >= 4 is 0 Å². The van der Waals surface area contributed by atoms with Crippen LogP contribution in [-0.2, 0) is 0 Å². The highest BCUT2D eigenvalue weighted by molar-refractivity contribution is 5.13. The summed E-state index contributed by atoms with van der Waals surface area (Å²) < 4.78 is 0. The smallest absolute Gasteiger partial charge is 0.0184 e. The van der Waals surface area contributed by atoms with Gasteiger partial charge in [0.1, 0.15) is 0 Å². The van der Waals surface area contributed by atoms with Crippen molar-refractivity contribution in [2.24, 2.45) is 35.0 Å². The molecule has 0 heteroatoms. The average molecular weight is 204 g/mol. The highest BCUT2D eigenvalue weighted by atomic mass is 14.7. The van der Waals surface area contributed by atoms with Crippen LogP contribution in [0.15, 0.2) is 0 Å². The highest BCUT2D eigenvalue weighted by Crippen LogP contribution is 2.72. The first kappa shape index (κ1) is 9.07. The minimum absolute atomic E-state index is 0.876. The molecule has 5 saturated carbocycles. The molecule has 0 N–H and O–H groups in total. The zero-order valence-corrected chi connectivity index (χ0v) is 10.0. The molecule has 84 valence electrons. The van der Waals surface area contributed by atoms with Crippen molar-refractivity contribution in [2.75, 3.05) is 0 Å². The summed E-state index contributed by atoms with van der Waals surface area (Å²) in [5.41, 5.74) is 0.876. The molecule has 0 heterocycles.